The summed E-state index contributed by atoms with van der Waals surface area (Å²) >= 11 is 0. The fourth-order valence-electron chi connectivity index (χ4n) is 2.43. The maximum atomic E-state index is 11.9. The Hall–Kier alpha value is -3.74. The van der Waals surface area contributed by atoms with Crippen LogP contribution < -0.4 is 10.6 Å². The molecular formula is C20H18N4O3. The lowest BCUT2D eigenvalue weighted by Crippen LogP contribution is -2.07. The van der Waals surface area contributed by atoms with Crippen LogP contribution in [0.25, 0.3) is 0 Å². The SMILES string of the molecule is COC(=O)c1ccccc1Nc1nccc(Nc2ccc(C(C)=O)cc2)n1. The molecule has 0 radical (unpaired) electrons. The molecule has 0 aliphatic carbocycles. The summed E-state index contributed by atoms with van der Waals surface area (Å²) in [7, 11) is 1.33. The number of hydrogen-bond acceptors (Lipinski definition) is 7. The van der Waals surface area contributed by atoms with Crippen LogP contribution in [0, 0.1) is 0 Å². The van der Waals surface area contributed by atoms with Crippen molar-refractivity contribution in [2.75, 3.05) is 17.7 Å². The Bertz CT molecular complexity index is 971. The lowest BCUT2D eigenvalue weighted by molar-refractivity contribution is 0.0601. The summed E-state index contributed by atoms with van der Waals surface area (Å²) in [5.74, 6) is 0.465. The molecular weight excluding hydrogens is 344 g/mol. The molecule has 0 fully saturated rings. The number of para-hydroxylation sites is 1. The maximum absolute atomic E-state index is 11.9. The third-order valence-corrected chi connectivity index (χ3v) is 3.80. The van der Waals surface area contributed by atoms with Crippen LogP contribution in [0.2, 0.25) is 0 Å². The van der Waals surface area contributed by atoms with Crippen molar-refractivity contribution < 1.29 is 14.3 Å². The molecule has 0 saturated carbocycles. The predicted molar refractivity (Wildman–Crippen MR) is 103 cm³/mol. The first-order valence-electron chi connectivity index (χ1n) is 8.22. The molecule has 0 amide bonds. The molecule has 7 nitrogen and oxygen atoms in total. The second-order valence-corrected chi connectivity index (χ2v) is 5.69. The van der Waals surface area contributed by atoms with Gasteiger partial charge in [0.05, 0.1) is 18.4 Å². The van der Waals surface area contributed by atoms with E-state index in [1.807, 2.05) is 0 Å². The van der Waals surface area contributed by atoms with E-state index in [0.29, 0.717) is 28.6 Å². The highest BCUT2D eigenvalue weighted by Crippen LogP contribution is 2.21. The third kappa shape index (κ3) is 4.46. The highest BCUT2D eigenvalue weighted by atomic mass is 16.5. The number of ketones is 1. The fraction of sp³-hybridized carbons (Fsp3) is 0.100. The van der Waals surface area contributed by atoms with Crippen molar-refractivity contribution in [2.24, 2.45) is 0 Å². The number of ether oxygens (including phenoxy) is 1. The van der Waals surface area contributed by atoms with Crippen LogP contribution in [0.4, 0.5) is 23.1 Å². The molecule has 3 rings (SSSR count). The van der Waals surface area contributed by atoms with Crippen LogP contribution in [-0.2, 0) is 4.74 Å². The smallest absolute Gasteiger partial charge is 0.339 e. The van der Waals surface area contributed by atoms with E-state index in [4.69, 9.17) is 4.74 Å². The van der Waals surface area contributed by atoms with E-state index < -0.39 is 5.97 Å². The summed E-state index contributed by atoms with van der Waals surface area (Å²) in [5, 5.41) is 6.18. The molecule has 2 aromatic carbocycles. The summed E-state index contributed by atoms with van der Waals surface area (Å²) in [4.78, 5) is 31.8. The third-order valence-electron chi connectivity index (χ3n) is 3.80. The normalized spacial score (nSPS) is 10.1. The van der Waals surface area contributed by atoms with Gasteiger partial charge in [-0.2, -0.15) is 4.98 Å². The number of methoxy groups -OCH3 is 1. The zero-order valence-corrected chi connectivity index (χ0v) is 14.9. The Kier molecular flexibility index (Phi) is 5.41. The van der Waals surface area contributed by atoms with Gasteiger partial charge in [-0.25, -0.2) is 9.78 Å². The Labute approximate surface area is 156 Å². The average Bonchev–Trinajstić information content (AvgIpc) is 2.68. The van der Waals surface area contributed by atoms with Gasteiger partial charge in [-0.05, 0) is 49.4 Å². The Morgan fingerprint density at radius 1 is 0.963 bits per heavy atom. The lowest BCUT2D eigenvalue weighted by atomic mass is 10.1. The van der Waals surface area contributed by atoms with Gasteiger partial charge in [-0.3, -0.25) is 4.79 Å². The minimum atomic E-state index is -0.446. The number of carbonyl (C=O) groups excluding carboxylic acids is 2. The first-order valence-corrected chi connectivity index (χ1v) is 8.22. The molecule has 0 aliphatic rings. The number of anilines is 4. The first-order chi connectivity index (χ1) is 13.1. The van der Waals surface area contributed by atoms with Crippen molar-refractivity contribution in [1.82, 2.24) is 9.97 Å². The van der Waals surface area contributed by atoms with Crippen LogP contribution in [-0.4, -0.2) is 28.8 Å². The van der Waals surface area contributed by atoms with E-state index in [1.165, 1.54) is 14.0 Å². The highest BCUT2D eigenvalue weighted by molar-refractivity contribution is 5.96. The highest BCUT2D eigenvalue weighted by Gasteiger charge is 2.12. The standard InChI is InChI=1S/C20H18N4O3/c1-13(25)14-7-9-15(10-8-14)22-18-11-12-21-20(24-18)23-17-6-4-3-5-16(17)19(26)27-2/h3-12H,1-2H3,(H2,21,22,23,24). The quantitative estimate of drug-likeness (QED) is 0.506. The second-order valence-electron chi connectivity index (χ2n) is 5.69. The van der Waals surface area contributed by atoms with Crippen molar-refractivity contribution in [3.05, 3.63) is 71.9 Å². The van der Waals surface area contributed by atoms with Gasteiger partial charge in [0.25, 0.3) is 0 Å². The zero-order valence-electron chi connectivity index (χ0n) is 14.9. The molecule has 0 bridgehead atoms. The molecule has 0 saturated heterocycles. The van der Waals surface area contributed by atoms with Crippen LogP contribution in [0.3, 0.4) is 0 Å². The number of carbonyl (C=O) groups is 2. The van der Waals surface area contributed by atoms with Crippen LogP contribution in [0.1, 0.15) is 27.6 Å². The van der Waals surface area contributed by atoms with Gasteiger partial charge in [0, 0.05) is 17.4 Å². The first kappa shape index (κ1) is 18.1. The summed E-state index contributed by atoms with van der Waals surface area (Å²) in [5.41, 5.74) is 2.37. The monoisotopic (exact) mass is 362 g/mol. The van der Waals surface area contributed by atoms with Gasteiger partial charge in [0.1, 0.15) is 5.82 Å². The van der Waals surface area contributed by atoms with E-state index in [2.05, 4.69) is 20.6 Å². The molecule has 1 aromatic heterocycles. The molecule has 0 aliphatic heterocycles. The summed E-state index contributed by atoms with van der Waals surface area (Å²) in [6.45, 7) is 1.52. The number of Topliss-reactive ketones (excluding diaryl/α,β-unsaturated/α-hetero) is 1. The van der Waals surface area contributed by atoms with Crippen molar-refractivity contribution >= 4 is 34.9 Å². The van der Waals surface area contributed by atoms with E-state index in [9.17, 15) is 9.59 Å². The fourth-order valence-corrected chi connectivity index (χ4v) is 2.43. The number of esters is 1. The molecule has 1 heterocycles. The molecule has 136 valence electrons. The number of aromatic nitrogens is 2. The summed E-state index contributed by atoms with van der Waals surface area (Å²) in [6, 6.07) is 15.8. The topological polar surface area (TPSA) is 93.2 Å². The number of benzene rings is 2. The van der Waals surface area contributed by atoms with Crippen molar-refractivity contribution in [2.45, 2.75) is 6.92 Å². The molecule has 2 N–H and O–H groups in total. The molecule has 3 aromatic rings. The van der Waals surface area contributed by atoms with Crippen LogP contribution in [0.5, 0.6) is 0 Å². The Balaban J connectivity index is 1.78. The van der Waals surface area contributed by atoms with Gasteiger partial charge < -0.3 is 15.4 Å². The Morgan fingerprint density at radius 2 is 1.70 bits per heavy atom. The number of hydrogen-bond donors (Lipinski definition) is 2. The minimum absolute atomic E-state index is 0.0133. The minimum Gasteiger partial charge on any atom is -0.465 e. The summed E-state index contributed by atoms with van der Waals surface area (Å²) in [6.07, 6.45) is 1.60. The average molecular weight is 362 g/mol. The van der Waals surface area contributed by atoms with E-state index in [0.717, 1.165) is 5.69 Å². The number of nitrogens with zero attached hydrogens (tertiary/aromatic N) is 2. The summed E-state index contributed by atoms with van der Waals surface area (Å²) < 4.78 is 4.79. The molecule has 7 heteroatoms. The number of nitrogens with one attached hydrogen (secondary N) is 2. The van der Waals surface area contributed by atoms with Gasteiger partial charge in [-0.1, -0.05) is 12.1 Å². The van der Waals surface area contributed by atoms with Gasteiger partial charge in [-0.15, -0.1) is 0 Å². The zero-order chi connectivity index (χ0) is 19.2. The predicted octanol–water partition coefficient (Wildman–Crippen LogP) is 3.95. The van der Waals surface area contributed by atoms with Gasteiger partial charge >= 0.3 is 5.97 Å². The van der Waals surface area contributed by atoms with E-state index >= 15 is 0 Å². The van der Waals surface area contributed by atoms with Crippen LogP contribution in [0.15, 0.2) is 60.8 Å². The van der Waals surface area contributed by atoms with Crippen molar-refractivity contribution in [3.63, 3.8) is 0 Å². The Morgan fingerprint density at radius 3 is 2.41 bits per heavy atom. The lowest BCUT2D eigenvalue weighted by Gasteiger charge is -2.11. The molecule has 27 heavy (non-hydrogen) atoms. The molecule has 0 unspecified atom stereocenters. The van der Waals surface area contributed by atoms with Crippen molar-refractivity contribution in [3.8, 4) is 0 Å². The van der Waals surface area contributed by atoms with E-state index in [1.54, 1.807) is 60.8 Å². The molecule has 0 spiro atoms. The van der Waals surface area contributed by atoms with Gasteiger partial charge in [0.2, 0.25) is 5.95 Å². The van der Waals surface area contributed by atoms with Crippen molar-refractivity contribution in [1.29, 1.82) is 0 Å². The largest absolute Gasteiger partial charge is 0.465 e. The molecule has 0 atom stereocenters. The van der Waals surface area contributed by atoms with Crippen LogP contribution >= 0.6 is 0 Å². The second kappa shape index (κ2) is 8.09. The van der Waals surface area contributed by atoms with E-state index in [-0.39, 0.29) is 5.78 Å². The van der Waals surface area contributed by atoms with Gasteiger partial charge in [0.15, 0.2) is 5.78 Å². The maximum Gasteiger partial charge on any atom is 0.339 e. The number of rotatable bonds is 6.